The lowest BCUT2D eigenvalue weighted by atomic mass is 9.92. The maximum absolute atomic E-state index is 14.2. The highest BCUT2D eigenvalue weighted by molar-refractivity contribution is 6.42. The Balaban J connectivity index is 0.971. The van der Waals surface area contributed by atoms with E-state index in [1.54, 1.807) is 23.2 Å². The maximum Gasteiger partial charge on any atom is 0.326 e. The van der Waals surface area contributed by atoms with Crippen LogP contribution in [0.25, 0.3) is 11.1 Å². The molecule has 1 saturated heterocycles. The van der Waals surface area contributed by atoms with E-state index in [0.29, 0.717) is 60.2 Å². The van der Waals surface area contributed by atoms with Gasteiger partial charge in [0.05, 0.1) is 23.3 Å². The van der Waals surface area contributed by atoms with E-state index in [9.17, 15) is 19.5 Å². The van der Waals surface area contributed by atoms with Crippen LogP contribution in [0.15, 0.2) is 91.1 Å². The minimum Gasteiger partial charge on any atom is -0.489 e. The van der Waals surface area contributed by atoms with Crippen LogP contribution in [0.2, 0.25) is 10.0 Å². The number of pyridine rings is 1. The number of hydrogen-bond donors (Lipinski definition) is 2. The number of urea groups is 1. The first-order chi connectivity index (χ1) is 29.0. The zero-order chi connectivity index (χ0) is 41.9. The van der Waals surface area contributed by atoms with Crippen molar-refractivity contribution in [1.29, 1.82) is 0 Å². The van der Waals surface area contributed by atoms with E-state index in [0.717, 1.165) is 50.2 Å². The van der Waals surface area contributed by atoms with E-state index in [-0.39, 0.29) is 32.0 Å². The van der Waals surface area contributed by atoms with Gasteiger partial charge in [0, 0.05) is 44.4 Å². The normalized spacial score (nSPS) is 17.7. The quantitative estimate of drug-likeness (QED) is 0.144. The van der Waals surface area contributed by atoms with Gasteiger partial charge in [0.2, 0.25) is 5.91 Å². The SMILES string of the molecule is Cc1nccc(-c2ccc(CC(NC(=O)[C@@H]3Cc4cc5c(cc4CN3C(=O)N3CCOCC3)O[C@@H](c3ccc(OCc4ccc(Cl)c(Cl)c4)cc3)CO5)C(=O)O)cc2)c1C. The largest absolute Gasteiger partial charge is 0.489 e. The topological polar surface area (TPSA) is 140 Å². The van der Waals surface area contributed by atoms with Crippen LogP contribution in [-0.2, 0) is 40.3 Å². The smallest absolute Gasteiger partial charge is 0.326 e. The number of nitrogens with zero attached hydrogens (tertiary/aromatic N) is 3. The highest BCUT2D eigenvalue weighted by atomic mass is 35.5. The molecule has 60 heavy (non-hydrogen) atoms. The molecule has 8 rings (SSSR count). The van der Waals surface area contributed by atoms with Crippen LogP contribution in [0.3, 0.4) is 0 Å². The van der Waals surface area contributed by atoms with E-state index in [2.05, 4.69) is 10.3 Å². The van der Waals surface area contributed by atoms with Crippen molar-refractivity contribution in [3.63, 3.8) is 0 Å². The number of nitrogens with one attached hydrogen (secondary N) is 1. The van der Waals surface area contributed by atoms with E-state index in [1.165, 1.54) is 4.90 Å². The van der Waals surface area contributed by atoms with Gasteiger partial charge < -0.3 is 39.2 Å². The summed E-state index contributed by atoms with van der Waals surface area (Å²) in [5, 5.41) is 14.0. The molecular formula is C46H44Cl2N4O8. The third-order valence-corrected chi connectivity index (χ3v) is 12.0. The van der Waals surface area contributed by atoms with Gasteiger partial charge in [-0.3, -0.25) is 9.78 Å². The summed E-state index contributed by atoms with van der Waals surface area (Å²) in [5.74, 6) is 0.0129. The molecule has 4 aromatic carbocycles. The predicted octanol–water partition coefficient (Wildman–Crippen LogP) is 7.75. The monoisotopic (exact) mass is 850 g/mol. The number of rotatable bonds is 10. The summed E-state index contributed by atoms with van der Waals surface area (Å²) in [4.78, 5) is 48.4. The van der Waals surface area contributed by atoms with Crippen molar-refractivity contribution in [3.05, 3.63) is 140 Å². The maximum atomic E-state index is 14.2. The molecule has 3 aliphatic rings. The number of aryl methyl sites for hydroxylation is 1. The average Bonchev–Trinajstić information content (AvgIpc) is 3.26. The van der Waals surface area contributed by atoms with Crippen molar-refractivity contribution in [1.82, 2.24) is 20.1 Å². The van der Waals surface area contributed by atoms with Crippen molar-refractivity contribution in [2.24, 2.45) is 0 Å². The van der Waals surface area contributed by atoms with Gasteiger partial charge >= 0.3 is 12.0 Å². The molecule has 3 amide bonds. The number of carbonyl (C=O) groups excluding carboxylic acids is 2. The molecule has 1 aromatic heterocycles. The second kappa shape index (κ2) is 17.8. The Hall–Kier alpha value is -5.82. The fourth-order valence-corrected chi connectivity index (χ4v) is 8.06. The molecule has 0 spiro atoms. The van der Waals surface area contributed by atoms with Gasteiger partial charge in [-0.2, -0.15) is 0 Å². The third-order valence-electron chi connectivity index (χ3n) is 11.3. The highest BCUT2D eigenvalue weighted by Crippen LogP contribution is 2.41. The van der Waals surface area contributed by atoms with E-state index in [1.807, 2.05) is 86.6 Å². The summed E-state index contributed by atoms with van der Waals surface area (Å²) >= 11 is 12.2. The molecule has 2 N–H and O–H groups in total. The van der Waals surface area contributed by atoms with Gasteiger partial charge in [-0.1, -0.05) is 65.7 Å². The molecule has 310 valence electrons. The molecular weight excluding hydrogens is 807 g/mol. The van der Waals surface area contributed by atoms with Crippen LogP contribution in [0.1, 0.15) is 45.2 Å². The third kappa shape index (κ3) is 9.01. The summed E-state index contributed by atoms with van der Waals surface area (Å²) < 4.78 is 24.1. The molecule has 0 aliphatic carbocycles. The molecule has 1 unspecified atom stereocenters. The number of benzene rings is 4. The van der Waals surface area contributed by atoms with Gasteiger partial charge in [0.15, 0.2) is 17.6 Å². The van der Waals surface area contributed by atoms with Crippen LogP contribution in [0.5, 0.6) is 17.2 Å². The summed E-state index contributed by atoms with van der Waals surface area (Å²) in [6, 6.07) is 23.8. The molecule has 14 heteroatoms. The Kier molecular flexibility index (Phi) is 12.1. The van der Waals surface area contributed by atoms with Crippen LogP contribution in [0.4, 0.5) is 4.79 Å². The first-order valence-electron chi connectivity index (χ1n) is 19.8. The first-order valence-corrected chi connectivity index (χ1v) is 20.6. The molecule has 0 bridgehead atoms. The molecule has 1 fully saturated rings. The predicted molar refractivity (Wildman–Crippen MR) is 226 cm³/mol. The van der Waals surface area contributed by atoms with Gasteiger partial charge in [-0.05, 0) is 101 Å². The number of fused-ring (bicyclic) bond motifs is 2. The van der Waals surface area contributed by atoms with Crippen molar-refractivity contribution in [2.45, 2.75) is 58.0 Å². The summed E-state index contributed by atoms with van der Waals surface area (Å²) in [7, 11) is 0. The van der Waals surface area contributed by atoms with Crippen molar-refractivity contribution >= 4 is 41.1 Å². The minimum atomic E-state index is -1.23. The van der Waals surface area contributed by atoms with Crippen molar-refractivity contribution in [2.75, 3.05) is 32.9 Å². The number of carboxylic acids is 1. The number of amides is 3. The number of aromatic nitrogens is 1. The molecule has 4 heterocycles. The zero-order valence-electron chi connectivity index (χ0n) is 33.2. The fourth-order valence-electron chi connectivity index (χ4n) is 7.74. The van der Waals surface area contributed by atoms with E-state index < -0.39 is 30.1 Å². The average molecular weight is 852 g/mol. The number of carbonyl (C=O) groups is 3. The van der Waals surface area contributed by atoms with Gasteiger partial charge in [-0.15, -0.1) is 0 Å². The second-order valence-corrected chi connectivity index (χ2v) is 16.0. The number of aliphatic carboxylic acids is 1. The fraction of sp³-hybridized carbons (Fsp3) is 0.304. The number of carboxylic acid groups (broad SMARTS) is 1. The number of morpholine rings is 1. The number of halogens is 2. The van der Waals surface area contributed by atoms with Crippen molar-refractivity contribution < 1.29 is 38.4 Å². The molecule has 3 atom stereocenters. The number of ether oxygens (including phenoxy) is 4. The Morgan fingerprint density at radius 3 is 2.37 bits per heavy atom. The van der Waals surface area contributed by atoms with Crippen molar-refractivity contribution in [3.8, 4) is 28.4 Å². The highest BCUT2D eigenvalue weighted by Gasteiger charge is 2.39. The molecule has 12 nitrogen and oxygen atoms in total. The second-order valence-electron chi connectivity index (χ2n) is 15.2. The Labute approximate surface area is 357 Å². The van der Waals surface area contributed by atoms with Gasteiger partial charge in [0.1, 0.15) is 31.0 Å². The first kappa shape index (κ1) is 40.9. The van der Waals surface area contributed by atoms with Crippen LogP contribution in [0, 0.1) is 13.8 Å². The zero-order valence-corrected chi connectivity index (χ0v) is 34.7. The van der Waals surface area contributed by atoms with Crippen LogP contribution >= 0.6 is 23.2 Å². The Morgan fingerprint density at radius 1 is 0.900 bits per heavy atom. The Morgan fingerprint density at radius 2 is 1.63 bits per heavy atom. The molecule has 0 saturated carbocycles. The minimum absolute atomic E-state index is 0.0603. The Bertz CT molecular complexity index is 2410. The summed E-state index contributed by atoms with van der Waals surface area (Å²) in [6.07, 6.45) is 1.59. The lowest BCUT2D eigenvalue weighted by Gasteiger charge is -2.40. The molecule has 0 radical (unpaired) electrons. The standard InChI is InChI=1S/C46H44Cl2N4O8/c1-27-28(2)49-14-13-36(27)31-6-3-29(4-7-31)20-39(45(54)55)50-44(53)40-21-33-22-41-42(23-34(33)24-52(40)46(56)51-15-17-57-18-16-51)60-43(26-59-41)32-8-10-35(11-9-32)58-25-30-5-12-37(47)38(48)19-30/h3-14,19,22-23,39-40,43H,15-18,20-21,24-26H2,1-2H3,(H,50,53)(H,54,55)/t39?,40-,43+/m0/s1. The molecule has 5 aromatic rings. The van der Waals surface area contributed by atoms with Crippen LogP contribution in [-0.4, -0.2) is 82.8 Å². The van der Waals surface area contributed by atoms with Gasteiger partial charge in [0.25, 0.3) is 0 Å². The van der Waals surface area contributed by atoms with E-state index >= 15 is 0 Å². The summed E-state index contributed by atoms with van der Waals surface area (Å²) in [5.41, 5.74) is 8.20. The molecule has 3 aliphatic heterocycles. The van der Waals surface area contributed by atoms with Crippen LogP contribution < -0.4 is 19.5 Å². The lowest BCUT2D eigenvalue weighted by Crippen LogP contribution is -2.59. The van der Waals surface area contributed by atoms with Gasteiger partial charge in [-0.25, -0.2) is 9.59 Å². The summed E-state index contributed by atoms with van der Waals surface area (Å²) in [6.45, 7) is 6.20. The number of hydrogen-bond acceptors (Lipinski definition) is 8. The van der Waals surface area contributed by atoms with E-state index in [4.69, 9.17) is 42.1 Å². The lowest BCUT2D eigenvalue weighted by molar-refractivity contribution is -0.142.